The number of rotatable bonds is 3. The lowest BCUT2D eigenvalue weighted by Gasteiger charge is -2.18. The molecule has 0 aromatic rings. The Morgan fingerprint density at radius 3 is 2.94 bits per heavy atom. The molecule has 2 fully saturated rings. The average molecular weight is 228 g/mol. The summed E-state index contributed by atoms with van der Waals surface area (Å²) in [5, 5.41) is 6.06. The summed E-state index contributed by atoms with van der Waals surface area (Å²) in [5.41, 5.74) is 0. The Morgan fingerprint density at radius 2 is 2.38 bits per heavy atom. The third kappa shape index (κ3) is 2.93. The van der Waals surface area contributed by atoms with E-state index in [4.69, 9.17) is 9.47 Å². The Hall–Kier alpha value is -0.650. The molecule has 1 unspecified atom stereocenters. The number of ether oxygens (including phenoxy) is 2. The van der Waals surface area contributed by atoms with Crippen LogP contribution in [0.1, 0.15) is 26.7 Å². The second-order valence-corrected chi connectivity index (χ2v) is 4.84. The summed E-state index contributed by atoms with van der Waals surface area (Å²) in [4.78, 5) is 11.7. The molecule has 0 aromatic heterocycles. The highest BCUT2D eigenvalue weighted by Gasteiger charge is 2.33. The number of nitrogens with one attached hydrogen (secondary N) is 2. The SMILES string of the molecule is CC1(C)OCC(CNC(=O)[C@@H]2CCCN2)O1. The Labute approximate surface area is 95.9 Å². The van der Waals surface area contributed by atoms with Crippen LogP contribution in [0.25, 0.3) is 0 Å². The fourth-order valence-electron chi connectivity index (χ4n) is 2.11. The van der Waals surface area contributed by atoms with Crippen molar-refractivity contribution in [3.8, 4) is 0 Å². The van der Waals surface area contributed by atoms with Crippen LogP contribution in [0.4, 0.5) is 0 Å². The first-order chi connectivity index (χ1) is 7.57. The van der Waals surface area contributed by atoms with Crippen molar-refractivity contribution < 1.29 is 14.3 Å². The first kappa shape index (κ1) is 11.8. The van der Waals surface area contributed by atoms with E-state index in [0.717, 1.165) is 19.4 Å². The Balaban J connectivity index is 1.69. The van der Waals surface area contributed by atoms with Gasteiger partial charge in [-0.3, -0.25) is 4.79 Å². The van der Waals surface area contributed by atoms with Crippen LogP contribution in [0.3, 0.4) is 0 Å². The number of carbonyl (C=O) groups excluding carboxylic acids is 1. The second-order valence-electron chi connectivity index (χ2n) is 4.84. The molecule has 0 aromatic carbocycles. The molecule has 2 atom stereocenters. The summed E-state index contributed by atoms with van der Waals surface area (Å²) >= 11 is 0. The molecule has 0 radical (unpaired) electrons. The monoisotopic (exact) mass is 228 g/mol. The Morgan fingerprint density at radius 1 is 1.56 bits per heavy atom. The Kier molecular flexibility index (Phi) is 3.47. The molecule has 1 amide bonds. The van der Waals surface area contributed by atoms with Crippen molar-refractivity contribution in [2.75, 3.05) is 19.7 Å². The quantitative estimate of drug-likeness (QED) is 0.714. The van der Waals surface area contributed by atoms with E-state index in [2.05, 4.69) is 10.6 Å². The molecule has 5 nitrogen and oxygen atoms in total. The van der Waals surface area contributed by atoms with Gasteiger partial charge in [0.2, 0.25) is 5.91 Å². The van der Waals surface area contributed by atoms with Gasteiger partial charge in [0.25, 0.3) is 0 Å². The Bertz CT molecular complexity index is 262. The van der Waals surface area contributed by atoms with Gasteiger partial charge in [-0.2, -0.15) is 0 Å². The minimum atomic E-state index is -0.513. The largest absolute Gasteiger partial charge is 0.352 e. The summed E-state index contributed by atoms with van der Waals surface area (Å²) in [5.74, 6) is -0.438. The summed E-state index contributed by atoms with van der Waals surface area (Å²) in [6, 6.07) is -0.0182. The highest BCUT2D eigenvalue weighted by molar-refractivity contribution is 5.82. The van der Waals surface area contributed by atoms with Gasteiger partial charge >= 0.3 is 0 Å². The van der Waals surface area contributed by atoms with Gasteiger partial charge in [0.1, 0.15) is 6.10 Å². The van der Waals surface area contributed by atoms with Crippen molar-refractivity contribution in [1.82, 2.24) is 10.6 Å². The smallest absolute Gasteiger partial charge is 0.237 e. The lowest BCUT2D eigenvalue weighted by Crippen LogP contribution is -2.43. The van der Waals surface area contributed by atoms with Crippen molar-refractivity contribution in [2.24, 2.45) is 0 Å². The fourth-order valence-corrected chi connectivity index (χ4v) is 2.11. The highest BCUT2D eigenvalue weighted by Crippen LogP contribution is 2.21. The van der Waals surface area contributed by atoms with E-state index < -0.39 is 5.79 Å². The summed E-state index contributed by atoms with van der Waals surface area (Å²) < 4.78 is 11.0. The summed E-state index contributed by atoms with van der Waals surface area (Å²) in [6.07, 6.45) is 1.98. The molecule has 0 spiro atoms. The van der Waals surface area contributed by atoms with E-state index in [-0.39, 0.29) is 18.1 Å². The molecule has 5 heteroatoms. The summed E-state index contributed by atoms with van der Waals surface area (Å²) in [7, 11) is 0. The van der Waals surface area contributed by atoms with Gasteiger partial charge in [0.15, 0.2) is 5.79 Å². The standard InChI is InChI=1S/C11H20N2O3/c1-11(2)15-7-8(16-11)6-13-10(14)9-4-3-5-12-9/h8-9,12H,3-7H2,1-2H3,(H,13,14)/t8?,9-/m0/s1. The van der Waals surface area contributed by atoms with Crippen LogP contribution >= 0.6 is 0 Å². The number of carbonyl (C=O) groups is 1. The molecule has 16 heavy (non-hydrogen) atoms. The van der Waals surface area contributed by atoms with Gasteiger partial charge in [-0.15, -0.1) is 0 Å². The van der Waals surface area contributed by atoms with Gasteiger partial charge in [0, 0.05) is 6.54 Å². The zero-order valence-corrected chi connectivity index (χ0v) is 9.91. The van der Waals surface area contributed by atoms with Crippen LogP contribution in [0.15, 0.2) is 0 Å². The molecule has 2 aliphatic rings. The van der Waals surface area contributed by atoms with Crippen molar-refractivity contribution in [3.05, 3.63) is 0 Å². The van der Waals surface area contributed by atoms with Crippen molar-refractivity contribution >= 4 is 5.91 Å². The van der Waals surface area contributed by atoms with Gasteiger partial charge < -0.3 is 20.1 Å². The van der Waals surface area contributed by atoms with Crippen LogP contribution in [-0.2, 0) is 14.3 Å². The molecule has 0 bridgehead atoms. The zero-order chi connectivity index (χ0) is 11.6. The van der Waals surface area contributed by atoms with Crippen LogP contribution < -0.4 is 10.6 Å². The van der Waals surface area contributed by atoms with E-state index in [9.17, 15) is 4.79 Å². The normalized spacial score (nSPS) is 32.9. The maximum absolute atomic E-state index is 11.7. The number of hydrogen-bond donors (Lipinski definition) is 2. The number of amides is 1. The third-order valence-corrected chi connectivity index (χ3v) is 2.95. The lowest BCUT2D eigenvalue weighted by atomic mass is 10.2. The van der Waals surface area contributed by atoms with E-state index in [1.807, 2.05) is 13.8 Å². The number of hydrogen-bond acceptors (Lipinski definition) is 4. The van der Waals surface area contributed by atoms with Crippen LogP contribution in [0.2, 0.25) is 0 Å². The van der Waals surface area contributed by atoms with Crippen molar-refractivity contribution in [1.29, 1.82) is 0 Å². The summed E-state index contributed by atoms with van der Waals surface area (Å²) in [6.45, 7) is 5.78. The predicted molar refractivity (Wildman–Crippen MR) is 58.9 cm³/mol. The molecule has 2 saturated heterocycles. The van der Waals surface area contributed by atoms with E-state index in [1.54, 1.807) is 0 Å². The molecule has 92 valence electrons. The fraction of sp³-hybridized carbons (Fsp3) is 0.909. The zero-order valence-electron chi connectivity index (χ0n) is 9.91. The van der Waals surface area contributed by atoms with Gasteiger partial charge in [-0.05, 0) is 33.2 Å². The molecular weight excluding hydrogens is 208 g/mol. The molecule has 2 rings (SSSR count). The van der Waals surface area contributed by atoms with Crippen LogP contribution in [0, 0.1) is 0 Å². The van der Waals surface area contributed by atoms with Crippen molar-refractivity contribution in [2.45, 2.75) is 44.6 Å². The molecule has 0 aliphatic carbocycles. The molecule has 0 saturated carbocycles. The molecule has 2 N–H and O–H groups in total. The van der Waals surface area contributed by atoms with Gasteiger partial charge in [-0.1, -0.05) is 0 Å². The van der Waals surface area contributed by atoms with E-state index in [1.165, 1.54) is 0 Å². The topological polar surface area (TPSA) is 59.6 Å². The maximum atomic E-state index is 11.7. The minimum Gasteiger partial charge on any atom is -0.352 e. The van der Waals surface area contributed by atoms with Crippen LogP contribution in [0.5, 0.6) is 0 Å². The first-order valence-electron chi connectivity index (χ1n) is 5.90. The molecule has 2 aliphatic heterocycles. The highest BCUT2D eigenvalue weighted by atomic mass is 16.7. The predicted octanol–water partition coefficient (Wildman–Crippen LogP) is 0.00610. The second kappa shape index (κ2) is 4.69. The minimum absolute atomic E-state index is 0.0182. The molecular formula is C11H20N2O3. The van der Waals surface area contributed by atoms with E-state index in [0.29, 0.717) is 13.2 Å². The van der Waals surface area contributed by atoms with Gasteiger partial charge in [-0.25, -0.2) is 0 Å². The average Bonchev–Trinajstić information content (AvgIpc) is 2.83. The van der Waals surface area contributed by atoms with Crippen molar-refractivity contribution in [3.63, 3.8) is 0 Å². The maximum Gasteiger partial charge on any atom is 0.237 e. The van der Waals surface area contributed by atoms with Gasteiger partial charge in [0.05, 0.1) is 12.6 Å². The first-order valence-corrected chi connectivity index (χ1v) is 5.90. The van der Waals surface area contributed by atoms with Crippen LogP contribution in [-0.4, -0.2) is 43.5 Å². The molecule has 2 heterocycles. The van der Waals surface area contributed by atoms with E-state index >= 15 is 0 Å². The third-order valence-electron chi connectivity index (χ3n) is 2.95. The lowest BCUT2D eigenvalue weighted by molar-refractivity contribution is -0.139.